The normalized spacial score (nSPS) is 10.6. The summed E-state index contributed by atoms with van der Waals surface area (Å²) < 4.78 is 0. The Morgan fingerprint density at radius 3 is 2.38 bits per heavy atom. The highest BCUT2D eigenvalue weighted by atomic mass is 16.1. The van der Waals surface area contributed by atoms with Crippen LogP contribution in [-0.2, 0) is 9.59 Å². The van der Waals surface area contributed by atoms with Crippen LogP contribution in [0.2, 0.25) is 0 Å². The first kappa shape index (κ1) is 12.1. The zero-order valence-electron chi connectivity index (χ0n) is 8.51. The number of carbonyl (C=O) groups is 2. The van der Waals surface area contributed by atoms with Gasteiger partial charge in [-0.2, -0.15) is 0 Å². The first-order chi connectivity index (χ1) is 6.16. The lowest BCUT2D eigenvalue weighted by Crippen LogP contribution is -1.99. The van der Waals surface area contributed by atoms with Gasteiger partial charge in [0.1, 0.15) is 11.6 Å². The van der Waals surface area contributed by atoms with Crippen LogP contribution in [0.4, 0.5) is 0 Å². The number of carbonyl (C=O) groups excluding carboxylic acids is 2. The molecule has 0 heterocycles. The third-order valence-electron chi connectivity index (χ3n) is 1.72. The Morgan fingerprint density at radius 1 is 1.15 bits per heavy atom. The summed E-state index contributed by atoms with van der Waals surface area (Å²) in [5.74, 6) is 0.244. The van der Waals surface area contributed by atoms with Crippen molar-refractivity contribution in [3.05, 3.63) is 12.2 Å². The Kier molecular flexibility index (Phi) is 7.17. The van der Waals surface area contributed by atoms with E-state index in [-0.39, 0.29) is 11.6 Å². The second-order valence-electron chi connectivity index (χ2n) is 3.20. The molecule has 0 N–H and O–H groups in total. The van der Waals surface area contributed by atoms with Gasteiger partial charge in [0.05, 0.1) is 0 Å². The van der Waals surface area contributed by atoms with Crippen molar-refractivity contribution in [2.45, 2.75) is 46.0 Å². The largest absolute Gasteiger partial charge is 0.300 e. The Balaban J connectivity index is 3.45. The lowest BCUT2D eigenvalue weighted by Gasteiger charge is -1.93. The summed E-state index contributed by atoms with van der Waals surface area (Å²) in [6.45, 7) is 3.61. The van der Waals surface area contributed by atoms with E-state index in [9.17, 15) is 9.59 Å². The van der Waals surface area contributed by atoms with Gasteiger partial charge in [0.2, 0.25) is 0 Å². The molecule has 0 aliphatic heterocycles. The van der Waals surface area contributed by atoms with Gasteiger partial charge in [-0.3, -0.25) is 4.79 Å². The second-order valence-corrected chi connectivity index (χ2v) is 3.20. The predicted molar refractivity (Wildman–Crippen MR) is 53.6 cm³/mol. The van der Waals surface area contributed by atoms with E-state index >= 15 is 0 Å². The topological polar surface area (TPSA) is 34.1 Å². The fourth-order valence-corrected chi connectivity index (χ4v) is 0.917. The quantitative estimate of drug-likeness (QED) is 0.567. The van der Waals surface area contributed by atoms with Crippen molar-refractivity contribution in [3.8, 4) is 0 Å². The van der Waals surface area contributed by atoms with Crippen LogP contribution < -0.4 is 0 Å². The van der Waals surface area contributed by atoms with Crippen molar-refractivity contribution in [2.24, 2.45) is 0 Å². The smallest absolute Gasteiger partial charge is 0.137 e. The van der Waals surface area contributed by atoms with Crippen LogP contribution in [0.1, 0.15) is 46.0 Å². The fraction of sp³-hybridized carbons (Fsp3) is 0.636. The molecule has 0 aromatic heterocycles. The van der Waals surface area contributed by atoms with Crippen molar-refractivity contribution in [1.82, 2.24) is 0 Å². The van der Waals surface area contributed by atoms with Crippen LogP contribution in [0.25, 0.3) is 0 Å². The average Bonchev–Trinajstić information content (AvgIpc) is 2.09. The van der Waals surface area contributed by atoms with E-state index in [2.05, 4.69) is 6.92 Å². The van der Waals surface area contributed by atoms with Crippen LogP contribution >= 0.6 is 0 Å². The molecule has 0 atom stereocenters. The first-order valence-electron chi connectivity index (χ1n) is 4.83. The van der Waals surface area contributed by atoms with Gasteiger partial charge in [-0.05, 0) is 13.3 Å². The molecule has 0 spiro atoms. The maximum absolute atomic E-state index is 11.1. The molecule has 2 nitrogen and oxygen atoms in total. The number of ketones is 2. The van der Waals surface area contributed by atoms with Crippen molar-refractivity contribution in [2.75, 3.05) is 0 Å². The Labute approximate surface area is 80.0 Å². The lowest BCUT2D eigenvalue weighted by molar-refractivity contribution is -0.122. The highest BCUT2D eigenvalue weighted by Crippen LogP contribution is 1.98. The molecule has 13 heavy (non-hydrogen) atoms. The van der Waals surface area contributed by atoms with Crippen molar-refractivity contribution >= 4 is 11.6 Å². The Hall–Kier alpha value is -0.920. The van der Waals surface area contributed by atoms with E-state index in [1.807, 2.05) is 12.2 Å². The molecule has 0 aromatic carbocycles. The summed E-state index contributed by atoms with van der Waals surface area (Å²) in [4.78, 5) is 21.7. The van der Waals surface area contributed by atoms with Crippen LogP contribution in [0, 0.1) is 0 Å². The molecule has 0 aliphatic carbocycles. The molecule has 0 fully saturated rings. The molecule has 74 valence electrons. The summed E-state index contributed by atoms with van der Waals surface area (Å²) in [7, 11) is 0. The highest BCUT2D eigenvalue weighted by Gasteiger charge is 2.00. The lowest BCUT2D eigenvalue weighted by atomic mass is 10.1. The molecule has 0 saturated heterocycles. The van der Waals surface area contributed by atoms with E-state index < -0.39 is 0 Å². The molecule has 0 aliphatic rings. The third kappa shape index (κ3) is 8.99. The monoisotopic (exact) mass is 182 g/mol. The minimum atomic E-state index is 0.0888. The number of Topliss-reactive ketones (excluding diaryl/α,β-unsaturated/α-hetero) is 2. The predicted octanol–water partition coefficient (Wildman–Crippen LogP) is 2.67. The summed E-state index contributed by atoms with van der Waals surface area (Å²) in [5.41, 5.74) is 0. The number of rotatable bonds is 7. The maximum Gasteiger partial charge on any atom is 0.137 e. The van der Waals surface area contributed by atoms with Gasteiger partial charge in [-0.1, -0.05) is 25.5 Å². The van der Waals surface area contributed by atoms with Crippen LogP contribution in [0.5, 0.6) is 0 Å². The van der Waals surface area contributed by atoms with Gasteiger partial charge in [-0.25, -0.2) is 0 Å². The molecular formula is C11H18O2. The van der Waals surface area contributed by atoms with Gasteiger partial charge >= 0.3 is 0 Å². The molecule has 0 unspecified atom stereocenters. The van der Waals surface area contributed by atoms with Crippen LogP contribution in [0.15, 0.2) is 12.2 Å². The van der Waals surface area contributed by atoms with Crippen molar-refractivity contribution < 1.29 is 9.59 Å². The van der Waals surface area contributed by atoms with Gasteiger partial charge in [0.25, 0.3) is 0 Å². The minimum Gasteiger partial charge on any atom is -0.300 e. The molecule has 0 saturated carbocycles. The summed E-state index contributed by atoms with van der Waals surface area (Å²) in [6, 6.07) is 0. The third-order valence-corrected chi connectivity index (χ3v) is 1.72. The number of hydrogen-bond donors (Lipinski definition) is 0. The zero-order chi connectivity index (χ0) is 10.1. The van der Waals surface area contributed by atoms with Gasteiger partial charge in [0, 0.05) is 19.3 Å². The molecule has 0 radical (unpaired) electrons. The molecule has 2 heteroatoms. The summed E-state index contributed by atoms with van der Waals surface area (Å²) >= 11 is 0. The molecular weight excluding hydrogens is 164 g/mol. The average molecular weight is 182 g/mol. The summed E-state index contributed by atoms with van der Waals surface area (Å²) in [6.07, 6.45) is 7.31. The molecule has 0 bridgehead atoms. The van der Waals surface area contributed by atoms with E-state index in [1.54, 1.807) is 0 Å². The van der Waals surface area contributed by atoms with E-state index in [0.717, 1.165) is 12.8 Å². The van der Waals surface area contributed by atoms with Gasteiger partial charge in [0.15, 0.2) is 0 Å². The number of hydrogen-bond acceptors (Lipinski definition) is 2. The zero-order valence-corrected chi connectivity index (χ0v) is 8.51. The van der Waals surface area contributed by atoms with Gasteiger partial charge < -0.3 is 4.79 Å². The molecule has 0 aromatic rings. The molecule has 0 rings (SSSR count). The second kappa shape index (κ2) is 7.71. The maximum atomic E-state index is 11.1. The Bertz CT molecular complexity index is 192. The van der Waals surface area contributed by atoms with Crippen LogP contribution in [0.3, 0.4) is 0 Å². The molecule has 0 amide bonds. The highest BCUT2D eigenvalue weighted by molar-refractivity contribution is 5.85. The minimum absolute atomic E-state index is 0.0888. The van der Waals surface area contributed by atoms with Gasteiger partial charge in [-0.15, -0.1) is 0 Å². The SMILES string of the molecule is CCC/C=C/CC(=O)CCC(C)=O. The van der Waals surface area contributed by atoms with E-state index in [4.69, 9.17) is 0 Å². The van der Waals surface area contributed by atoms with E-state index in [1.165, 1.54) is 6.92 Å². The summed E-state index contributed by atoms with van der Waals surface area (Å²) in [5, 5.41) is 0. The number of allylic oxidation sites excluding steroid dienone is 2. The van der Waals surface area contributed by atoms with Crippen molar-refractivity contribution in [1.29, 1.82) is 0 Å². The fourth-order valence-electron chi connectivity index (χ4n) is 0.917. The van der Waals surface area contributed by atoms with Crippen LogP contribution in [-0.4, -0.2) is 11.6 Å². The first-order valence-corrected chi connectivity index (χ1v) is 4.83. The number of unbranched alkanes of at least 4 members (excludes halogenated alkanes) is 1. The van der Waals surface area contributed by atoms with Crippen molar-refractivity contribution in [3.63, 3.8) is 0 Å². The standard InChI is InChI=1S/C11H18O2/c1-3-4-5-6-7-11(13)9-8-10(2)12/h5-6H,3-4,7-9H2,1-2H3/b6-5+. The van der Waals surface area contributed by atoms with E-state index in [0.29, 0.717) is 19.3 Å². The Morgan fingerprint density at radius 2 is 1.85 bits per heavy atom.